The van der Waals surface area contributed by atoms with Crippen molar-refractivity contribution in [1.29, 1.82) is 0 Å². The smallest absolute Gasteiger partial charge is 0.330 e. The second kappa shape index (κ2) is 7.11. The number of carbonyl (C=O) groups excluding carboxylic acids is 1. The average molecular weight is 361 g/mol. The van der Waals surface area contributed by atoms with Gasteiger partial charge in [-0.3, -0.25) is 4.79 Å². The van der Waals surface area contributed by atoms with Gasteiger partial charge in [0.1, 0.15) is 5.75 Å². The lowest BCUT2D eigenvalue weighted by Crippen LogP contribution is -2.35. The maximum absolute atomic E-state index is 13.3. The molecule has 2 aromatic rings. The Hall–Kier alpha value is -2.96. The summed E-state index contributed by atoms with van der Waals surface area (Å²) in [6.07, 6.45) is 0.464. The summed E-state index contributed by atoms with van der Waals surface area (Å²) in [6.45, 7) is 0. The van der Waals surface area contributed by atoms with Gasteiger partial charge in [0.15, 0.2) is 17.7 Å². The van der Waals surface area contributed by atoms with Crippen LogP contribution < -0.4 is 10.1 Å². The first-order valence-electron chi connectivity index (χ1n) is 8.02. The van der Waals surface area contributed by atoms with Crippen molar-refractivity contribution < 1.29 is 28.2 Å². The highest BCUT2D eigenvalue weighted by molar-refractivity contribution is 5.88. The highest BCUT2D eigenvalue weighted by atomic mass is 19.2. The zero-order valence-electron chi connectivity index (χ0n) is 13.9. The van der Waals surface area contributed by atoms with Crippen molar-refractivity contribution in [1.82, 2.24) is 5.32 Å². The van der Waals surface area contributed by atoms with Gasteiger partial charge in [-0.05, 0) is 47.7 Å². The van der Waals surface area contributed by atoms with Crippen molar-refractivity contribution in [3.05, 3.63) is 65.2 Å². The number of rotatable bonds is 6. The number of methoxy groups -OCH3 is 1. The third-order valence-corrected chi connectivity index (χ3v) is 4.48. The van der Waals surface area contributed by atoms with E-state index in [4.69, 9.17) is 4.74 Å². The Morgan fingerprint density at radius 1 is 1.15 bits per heavy atom. The maximum atomic E-state index is 13.3. The van der Waals surface area contributed by atoms with Crippen LogP contribution in [0, 0.1) is 17.6 Å². The van der Waals surface area contributed by atoms with E-state index in [9.17, 15) is 23.5 Å². The van der Waals surface area contributed by atoms with Gasteiger partial charge in [0.2, 0.25) is 5.91 Å². The SMILES string of the molecule is COc1ccc(C(NC(=O)C2CC2c2ccc(F)c(F)c2)C(=O)O)cc1. The van der Waals surface area contributed by atoms with Crippen LogP contribution in [0.5, 0.6) is 5.75 Å². The van der Waals surface area contributed by atoms with Gasteiger partial charge in [-0.15, -0.1) is 0 Å². The Bertz CT molecular complexity index is 838. The Morgan fingerprint density at radius 3 is 2.42 bits per heavy atom. The molecule has 1 aliphatic rings. The predicted octanol–water partition coefficient (Wildman–Crippen LogP) is 3.02. The number of aliphatic carboxylic acids is 1. The molecule has 0 aliphatic heterocycles. The molecule has 26 heavy (non-hydrogen) atoms. The summed E-state index contributed by atoms with van der Waals surface area (Å²) < 4.78 is 31.4. The van der Waals surface area contributed by atoms with E-state index in [0.717, 1.165) is 12.1 Å². The fraction of sp³-hybridized carbons (Fsp3) is 0.263. The fourth-order valence-electron chi connectivity index (χ4n) is 2.93. The van der Waals surface area contributed by atoms with Crippen LogP contribution in [0.1, 0.15) is 29.5 Å². The molecule has 0 heterocycles. The fourth-order valence-corrected chi connectivity index (χ4v) is 2.93. The maximum Gasteiger partial charge on any atom is 0.330 e. The van der Waals surface area contributed by atoms with Crippen molar-refractivity contribution in [3.8, 4) is 5.75 Å². The lowest BCUT2D eigenvalue weighted by atomic mass is 10.1. The van der Waals surface area contributed by atoms with Gasteiger partial charge in [0.05, 0.1) is 7.11 Å². The Labute approximate surface area is 148 Å². The first-order chi connectivity index (χ1) is 12.4. The van der Waals surface area contributed by atoms with Crippen molar-refractivity contribution >= 4 is 11.9 Å². The lowest BCUT2D eigenvalue weighted by molar-refractivity contribution is -0.142. The van der Waals surface area contributed by atoms with E-state index in [2.05, 4.69) is 5.32 Å². The van der Waals surface area contributed by atoms with Crippen molar-refractivity contribution in [2.24, 2.45) is 5.92 Å². The Kier molecular flexibility index (Phi) is 4.88. The molecule has 1 fully saturated rings. The summed E-state index contributed by atoms with van der Waals surface area (Å²) in [7, 11) is 1.50. The molecule has 3 rings (SSSR count). The first-order valence-corrected chi connectivity index (χ1v) is 8.02. The van der Waals surface area contributed by atoms with Crippen LogP contribution in [0.4, 0.5) is 8.78 Å². The predicted molar refractivity (Wildman–Crippen MR) is 88.7 cm³/mol. The normalized spacial score (nSPS) is 19.5. The molecule has 1 amide bonds. The van der Waals surface area contributed by atoms with Crippen LogP contribution in [0.2, 0.25) is 0 Å². The minimum absolute atomic E-state index is 0.240. The van der Waals surface area contributed by atoms with Gasteiger partial charge < -0.3 is 15.2 Å². The number of amides is 1. The van der Waals surface area contributed by atoms with Crippen LogP contribution in [0.15, 0.2) is 42.5 Å². The molecule has 1 saturated carbocycles. The molecule has 0 aromatic heterocycles. The number of benzene rings is 2. The molecule has 2 N–H and O–H groups in total. The zero-order valence-corrected chi connectivity index (χ0v) is 13.9. The van der Waals surface area contributed by atoms with Crippen LogP contribution in [-0.4, -0.2) is 24.1 Å². The number of carboxylic acids is 1. The second-order valence-corrected chi connectivity index (χ2v) is 6.18. The molecule has 7 heteroatoms. The van der Waals surface area contributed by atoms with E-state index in [1.807, 2.05) is 0 Å². The molecule has 5 nitrogen and oxygen atoms in total. The number of carboxylic acid groups (broad SMARTS) is 1. The second-order valence-electron chi connectivity index (χ2n) is 6.18. The summed E-state index contributed by atoms with van der Waals surface area (Å²) in [4.78, 5) is 23.9. The number of nitrogens with one attached hydrogen (secondary N) is 1. The van der Waals surface area contributed by atoms with E-state index >= 15 is 0 Å². The first kappa shape index (κ1) is 17.8. The lowest BCUT2D eigenvalue weighted by Gasteiger charge is -2.15. The topological polar surface area (TPSA) is 75.6 Å². The summed E-state index contributed by atoms with van der Waals surface area (Å²) in [6, 6.07) is 8.70. The molecule has 0 bridgehead atoms. The molecule has 2 aromatic carbocycles. The molecule has 0 spiro atoms. The molecule has 3 unspecified atom stereocenters. The van der Waals surface area contributed by atoms with Crippen molar-refractivity contribution in [2.45, 2.75) is 18.4 Å². The van der Waals surface area contributed by atoms with Crippen LogP contribution in [-0.2, 0) is 9.59 Å². The summed E-state index contributed by atoms with van der Waals surface area (Å²) in [5.74, 6) is -3.65. The van der Waals surface area contributed by atoms with Gasteiger partial charge in [0.25, 0.3) is 0 Å². The third-order valence-electron chi connectivity index (χ3n) is 4.48. The molecular formula is C19H17F2NO4. The van der Waals surface area contributed by atoms with E-state index in [-0.39, 0.29) is 5.92 Å². The molecule has 0 saturated heterocycles. The van der Waals surface area contributed by atoms with Gasteiger partial charge >= 0.3 is 5.97 Å². The average Bonchev–Trinajstić information content (AvgIpc) is 3.42. The third kappa shape index (κ3) is 3.66. The minimum Gasteiger partial charge on any atom is -0.497 e. The Balaban J connectivity index is 1.69. The van der Waals surface area contributed by atoms with Gasteiger partial charge in [0, 0.05) is 5.92 Å². The van der Waals surface area contributed by atoms with Crippen LogP contribution in [0.3, 0.4) is 0 Å². The van der Waals surface area contributed by atoms with E-state index < -0.39 is 35.5 Å². The molecule has 3 atom stereocenters. The number of halogens is 2. The molecule has 136 valence electrons. The van der Waals surface area contributed by atoms with E-state index in [1.54, 1.807) is 24.3 Å². The van der Waals surface area contributed by atoms with Crippen LogP contribution >= 0.6 is 0 Å². The van der Waals surface area contributed by atoms with Gasteiger partial charge in [-0.1, -0.05) is 18.2 Å². The standard InChI is InChI=1S/C19H17F2NO4/c1-26-12-5-2-10(3-6-12)17(19(24)25)22-18(23)14-9-13(14)11-4-7-15(20)16(21)8-11/h2-8,13-14,17H,9H2,1H3,(H,22,23)(H,24,25). The summed E-state index contributed by atoms with van der Waals surface area (Å²) >= 11 is 0. The quantitative estimate of drug-likeness (QED) is 0.829. The van der Waals surface area contributed by atoms with Crippen LogP contribution in [0.25, 0.3) is 0 Å². The highest BCUT2D eigenvalue weighted by Crippen LogP contribution is 2.48. The van der Waals surface area contributed by atoms with E-state index in [0.29, 0.717) is 23.3 Å². The number of ether oxygens (including phenoxy) is 1. The van der Waals surface area contributed by atoms with Crippen molar-refractivity contribution in [3.63, 3.8) is 0 Å². The largest absolute Gasteiger partial charge is 0.497 e. The zero-order chi connectivity index (χ0) is 18.8. The summed E-state index contributed by atoms with van der Waals surface area (Å²) in [5, 5.41) is 11.9. The minimum atomic E-state index is -1.19. The number of hydrogen-bond donors (Lipinski definition) is 2. The Morgan fingerprint density at radius 2 is 1.85 bits per heavy atom. The molecular weight excluding hydrogens is 344 g/mol. The van der Waals surface area contributed by atoms with Crippen molar-refractivity contribution in [2.75, 3.05) is 7.11 Å². The number of hydrogen-bond acceptors (Lipinski definition) is 3. The van der Waals surface area contributed by atoms with E-state index in [1.165, 1.54) is 13.2 Å². The highest BCUT2D eigenvalue weighted by Gasteiger charge is 2.45. The molecule has 0 radical (unpaired) electrons. The monoisotopic (exact) mass is 361 g/mol. The van der Waals surface area contributed by atoms with Gasteiger partial charge in [-0.25, -0.2) is 13.6 Å². The summed E-state index contributed by atoms with van der Waals surface area (Å²) in [5.41, 5.74) is 0.942. The van der Waals surface area contributed by atoms with Gasteiger partial charge in [-0.2, -0.15) is 0 Å². The molecule has 1 aliphatic carbocycles. The number of carbonyl (C=O) groups is 2.